The minimum Gasteiger partial charge on any atom is -0.391 e. The van der Waals surface area contributed by atoms with Crippen molar-refractivity contribution in [2.75, 3.05) is 18.0 Å². The molecule has 0 radical (unpaired) electrons. The summed E-state index contributed by atoms with van der Waals surface area (Å²) < 4.78 is 0. The second kappa shape index (κ2) is 7.14. The summed E-state index contributed by atoms with van der Waals surface area (Å²) >= 11 is 0. The number of hydrogen-bond donors (Lipinski definition) is 1. The lowest BCUT2D eigenvalue weighted by Crippen LogP contribution is -2.43. The molecule has 1 aliphatic rings. The van der Waals surface area contributed by atoms with Crippen molar-refractivity contribution < 1.29 is 10.0 Å². The Morgan fingerprint density at radius 1 is 1.32 bits per heavy atom. The van der Waals surface area contributed by atoms with E-state index in [1.54, 1.807) is 12.1 Å². The summed E-state index contributed by atoms with van der Waals surface area (Å²) in [6.45, 7) is 5.49. The van der Waals surface area contributed by atoms with Crippen LogP contribution in [0.2, 0.25) is 0 Å². The average molecular weight is 342 g/mol. The molecule has 2 heterocycles. The molecule has 2 atom stereocenters. The SMILES string of the molecule is CCc1cc(N2CCC(C)C(O)C2)nc(-c2ccc([N+](=O)[O-])cc2)n1. The van der Waals surface area contributed by atoms with Gasteiger partial charge in [-0.25, -0.2) is 9.97 Å². The smallest absolute Gasteiger partial charge is 0.269 e. The Hall–Kier alpha value is -2.54. The van der Waals surface area contributed by atoms with E-state index in [0.29, 0.717) is 12.4 Å². The fourth-order valence-corrected chi connectivity index (χ4v) is 2.94. The molecule has 7 nitrogen and oxygen atoms in total. The minimum absolute atomic E-state index is 0.0451. The van der Waals surface area contributed by atoms with Gasteiger partial charge in [-0.05, 0) is 30.9 Å². The predicted molar refractivity (Wildman–Crippen MR) is 95.5 cm³/mol. The van der Waals surface area contributed by atoms with Crippen LogP contribution in [0.5, 0.6) is 0 Å². The molecule has 0 aliphatic carbocycles. The van der Waals surface area contributed by atoms with Crippen LogP contribution in [0.1, 0.15) is 26.0 Å². The Balaban J connectivity index is 1.93. The number of aliphatic hydroxyl groups is 1. The van der Waals surface area contributed by atoms with Crippen LogP contribution < -0.4 is 4.90 Å². The fourth-order valence-electron chi connectivity index (χ4n) is 2.94. The molecular formula is C18H22N4O3. The molecule has 0 bridgehead atoms. The molecule has 7 heteroatoms. The number of rotatable bonds is 4. The van der Waals surface area contributed by atoms with E-state index in [0.717, 1.165) is 36.5 Å². The summed E-state index contributed by atoms with van der Waals surface area (Å²) in [6, 6.07) is 8.22. The lowest BCUT2D eigenvalue weighted by molar-refractivity contribution is -0.384. The van der Waals surface area contributed by atoms with Gasteiger partial charge in [0.2, 0.25) is 0 Å². The Morgan fingerprint density at radius 3 is 2.64 bits per heavy atom. The van der Waals surface area contributed by atoms with Crippen molar-refractivity contribution in [2.45, 2.75) is 32.8 Å². The van der Waals surface area contributed by atoms with Crippen LogP contribution in [0.15, 0.2) is 30.3 Å². The molecule has 0 saturated carbocycles. The first kappa shape index (κ1) is 17.3. The molecule has 3 rings (SSSR count). The van der Waals surface area contributed by atoms with E-state index in [4.69, 9.17) is 0 Å². The third kappa shape index (κ3) is 3.76. The minimum atomic E-state index is -0.422. The van der Waals surface area contributed by atoms with Crippen LogP contribution in [0.4, 0.5) is 11.5 Å². The van der Waals surface area contributed by atoms with E-state index in [2.05, 4.69) is 21.8 Å². The summed E-state index contributed by atoms with van der Waals surface area (Å²) in [7, 11) is 0. The molecule has 1 fully saturated rings. The largest absolute Gasteiger partial charge is 0.391 e. The van der Waals surface area contributed by atoms with E-state index >= 15 is 0 Å². The normalized spacial score (nSPS) is 20.5. The second-order valence-corrected chi connectivity index (χ2v) is 6.48. The van der Waals surface area contributed by atoms with Crippen molar-refractivity contribution in [1.82, 2.24) is 9.97 Å². The van der Waals surface area contributed by atoms with Crippen LogP contribution in [0.25, 0.3) is 11.4 Å². The second-order valence-electron chi connectivity index (χ2n) is 6.48. The van der Waals surface area contributed by atoms with Crippen LogP contribution in [-0.4, -0.2) is 39.2 Å². The van der Waals surface area contributed by atoms with Gasteiger partial charge in [0.1, 0.15) is 5.82 Å². The zero-order valence-corrected chi connectivity index (χ0v) is 14.4. The third-order valence-corrected chi connectivity index (χ3v) is 4.71. The quantitative estimate of drug-likeness (QED) is 0.678. The molecule has 132 valence electrons. The number of anilines is 1. The zero-order valence-electron chi connectivity index (χ0n) is 14.4. The molecule has 1 N–H and O–H groups in total. The van der Waals surface area contributed by atoms with Crippen molar-refractivity contribution in [3.05, 3.63) is 46.1 Å². The van der Waals surface area contributed by atoms with Crippen molar-refractivity contribution in [2.24, 2.45) is 5.92 Å². The first-order valence-electron chi connectivity index (χ1n) is 8.53. The molecule has 0 amide bonds. The molecule has 1 aromatic heterocycles. The molecule has 2 aromatic rings. The van der Waals surface area contributed by atoms with Gasteiger partial charge in [-0.2, -0.15) is 0 Å². The average Bonchev–Trinajstić information content (AvgIpc) is 2.63. The summed E-state index contributed by atoms with van der Waals surface area (Å²) in [4.78, 5) is 21.7. The van der Waals surface area contributed by atoms with Gasteiger partial charge in [-0.3, -0.25) is 10.1 Å². The Kier molecular flexibility index (Phi) is 4.94. The number of β-amino-alcohol motifs (C(OH)–C–C–N with tert-alkyl or cyclic N) is 1. The van der Waals surface area contributed by atoms with E-state index in [1.807, 2.05) is 13.0 Å². The number of non-ortho nitro benzene ring substituents is 1. The van der Waals surface area contributed by atoms with Gasteiger partial charge in [-0.15, -0.1) is 0 Å². The van der Waals surface area contributed by atoms with Crippen molar-refractivity contribution in [3.8, 4) is 11.4 Å². The van der Waals surface area contributed by atoms with E-state index < -0.39 is 4.92 Å². The Bertz CT molecular complexity index is 763. The van der Waals surface area contributed by atoms with Crippen LogP contribution in [0, 0.1) is 16.0 Å². The topological polar surface area (TPSA) is 92.4 Å². The maximum Gasteiger partial charge on any atom is 0.269 e. The van der Waals surface area contributed by atoms with Gasteiger partial charge < -0.3 is 10.0 Å². The van der Waals surface area contributed by atoms with Gasteiger partial charge in [0.05, 0.1) is 11.0 Å². The van der Waals surface area contributed by atoms with Gasteiger partial charge in [0.15, 0.2) is 5.82 Å². The highest BCUT2D eigenvalue weighted by Crippen LogP contribution is 2.26. The van der Waals surface area contributed by atoms with Gasteiger partial charge >= 0.3 is 0 Å². The molecule has 1 aromatic carbocycles. The number of nitrogens with zero attached hydrogens (tertiary/aromatic N) is 4. The van der Waals surface area contributed by atoms with E-state index in [1.165, 1.54) is 12.1 Å². The van der Waals surface area contributed by atoms with E-state index in [9.17, 15) is 15.2 Å². The van der Waals surface area contributed by atoms with Crippen LogP contribution in [-0.2, 0) is 6.42 Å². The summed E-state index contributed by atoms with van der Waals surface area (Å²) in [6.07, 6.45) is 1.32. The zero-order chi connectivity index (χ0) is 18.0. The summed E-state index contributed by atoms with van der Waals surface area (Å²) in [5, 5.41) is 21.0. The number of hydrogen-bond acceptors (Lipinski definition) is 6. The molecule has 25 heavy (non-hydrogen) atoms. The van der Waals surface area contributed by atoms with E-state index in [-0.39, 0.29) is 17.7 Å². The van der Waals surface area contributed by atoms with Crippen LogP contribution >= 0.6 is 0 Å². The first-order valence-corrected chi connectivity index (χ1v) is 8.53. The van der Waals surface area contributed by atoms with Crippen LogP contribution in [0.3, 0.4) is 0 Å². The fraction of sp³-hybridized carbons (Fsp3) is 0.444. The number of nitro groups is 1. The summed E-state index contributed by atoms with van der Waals surface area (Å²) in [5.41, 5.74) is 1.70. The maximum absolute atomic E-state index is 10.8. The highest BCUT2D eigenvalue weighted by atomic mass is 16.6. The number of aliphatic hydroxyl groups excluding tert-OH is 1. The monoisotopic (exact) mass is 342 g/mol. The van der Waals surface area contributed by atoms with Gasteiger partial charge in [0.25, 0.3) is 5.69 Å². The number of aryl methyl sites for hydroxylation is 1. The lowest BCUT2D eigenvalue weighted by Gasteiger charge is -2.35. The molecule has 2 unspecified atom stereocenters. The Labute approximate surface area is 146 Å². The van der Waals surface area contributed by atoms with Gasteiger partial charge in [-0.1, -0.05) is 13.8 Å². The molecule has 0 spiro atoms. The predicted octanol–water partition coefficient (Wildman–Crippen LogP) is 2.82. The standard InChI is InChI=1S/C18H22N4O3/c1-3-14-10-17(21-9-8-12(2)16(23)11-21)20-18(19-14)13-4-6-15(7-5-13)22(24)25/h4-7,10,12,16,23H,3,8-9,11H2,1-2H3. The molecule has 1 aliphatic heterocycles. The highest BCUT2D eigenvalue weighted by molar-refractivity contribution is 5.60. The maximum atomic E-state index is 10.8. The van der Waals surface area contributed by atoms with Crippen molar-refractivity contribution in [1.29, 1.82) is 0 Å². The third-order valence-electron chi connectivity index (χ3n) is 4.71. The highest BCUT2D eigenvalue weighted by Gasteiger charge is 2.25. The first-order chi connectivity index (χ1) is 12.0. The number of benzene rings is 1. The van der Waals surface area contributed by atoms with Crippen molar-refractivity contribution >= 4 is 11.5 Å². The van der Waals surface area contributed by atoms with Gasteiger partial charge in [0, 0.05) is 42.5 Å². The molecule has 1 saturated heterocycles. The Morgan fingerprint density at radius 2 is 2.04 bits per heavy atom. The molecular weight excluding hydrogens is 320 g/mol. The lowest BCUT2D eigenvalue weighted by atomic mass is 9.96. The number of piperidine rings is 1. The summed E-state index contributed by atoms with van der Waals surface area (Å²) in [5.74, 6) is 1.64. The number of aromatic nitrogens is 2. The van der Waals surface area contributed by atoms with Crippen molar-refractivity contribution in [3.63, 3.8) is 0 Å². The number of nitro benzene ring substituents is 1.